The highest BCUT2D eigenvalue weighted by Crippen LogP contribution is 2.39. The Morgan fingerprint density at radius 1 is 1.24 bits per heavy atom. The Bertz CT molecular complexity index is 447. The van der Waals surface area contributed by atoms with Crippen molar-refractivity contribution in [2.75, 3.05) is 31.6 Å². The van der Waals surface area contributed by atoms with Gasteiger partial charge < -0.3 is 10.2 Å². The molecule has 0 spiro atoms. The lowest BCUT2D eigenvalue weighted by Gasteiger charge is -2.38. The molecule has 21 heavy (non-hydrogen) atoms. The van der Waals surface area contributed by atoms with Crippen LogP contribution in [0, 0.1) is 5.41 Å². The van der Waals surface area contributed by atoms with Gasteiger partial charge in [-0.2, -0.15) is 0 Å². The Labute approximate surface area is 130 Å². The molecule has 2 aliphatic rings. The molecule has 1 saturated carbocycles. The number of rotatable bonds is 5. The van der Waals surface area contributed by atoms with Gasteiger partial charge in [-0.15, -0.1) is 0 Å². The second-order valence-corrected chi connectivity index (χ2v) is 10.5. The Balaban J connectivity index is 1.96. The van der Waals surface area contributed by atoms with Gasteiger partial charge in [0.1, 0.15) is 0 Å². The highest BCUT2D eigenvalue weighted by atomic mass is 32.2. The van der Waals surface area contributed by atoms with Crippen LogP contribution < -0.4 is 5.32 Å². The fraction of sp³-hybridized carbons (Fsp3) is 1.00. The van der Waals surface area contributed by atoms with Crippen LogP contribution in [0.15, 0.2) is 0 Å². The molecule has 1 aliphatic carbocycles. The molecule has 0 aromatic heterocycles. The lowest BCUT2D eigenvalue weighted by molar-refractivity contribution is 0.135. The normalized spacial score (nSPS) is 28.3. The minimum absolute atomic E-state index is 0.144. The molecule has 4 nitrogen and oxygen atoms in total. The SMILES string of the molecule is CN(CC1(CNC(C)(C)C)CCCC1)C1CCS(=O)(=O)C1. The summed E-state index contributed by atoms with van der Waals surface area (Å²) in [6.07, 6.45) is 5.95. The summed E-state index contributed by atoms with van der Waals surface area (Å²) >= 11 is 0. The molecule has 5 heteroatoms. The first-order chi connectivity index (χ1) is 9.61. The van der Waals surface area contributed by atoms with E-state index in [0.717, 1.165) is 19.5 Å². The van der Waals surface area contributed by atoms with E-state index in [1.165, 1.54) is 25.7 Å². The molecule has 0 aromatic rings. The zero-order valence-corrected chi connectivity index (χ0v) is 14.9. The van der Waals surface area contributed by atoms with Gasteiger partial charge in [0.15, 0.2) is 9.84 Å². The van der Waals surface area contributed by atoms with Gasteiger partial charge in [-0.3, -0.25) is 0 Å². The standard InChI is InChI=1S/C16H32N2O2S/c1-15(2,3)17-12-16(8-5-6-9-16)13-18(4)14-7-10-21(19,20)11-14/h14,17H,5-13H2,1-4H3. The summed E-state index contributed by atoms with van der Waals surface area (Å²) in [6.45, 7) is 8.70. The Morgan fingerprint density at radius 3 is 2.33 bits per heavy atom. The zero-order valence-electron chi connectivity index (χ0n) is 14.1. The van der Waals surface area contributed by atoms with E-state index in [0.29, 0.717) is 16.9 Å². The van der Waals surface area contributed by atoms with Gasteiger partial charge in [0.2, 0.25) is 0 Å². The van der Waals surface area contributed by atoms with E-state index in [-0.39, 0.29) is 11.6 Å². The zero-order chi connectivity index (χ0) is 15.7. The number of nitrogens with zero attached hydrogens (tertiary/aromatic N) is 1. The topological polar surface area (TPSA) is 49.4 Å². The van der Waals surface area contributed by atoms with Crippen molar-refractivity contribution in [1.82, 2.24) is 10.2 Å². The summed E-state index contributed by atoms with van der Waals surface area (Å²) < 4.78 is 23.4. The van der Waals surface area contributed by atoms with Crippen molar-refractivity contribution >= 4 is 9.84 Å². The predicted molar refractivity (Wildman–Crippen MR) is 88.3 cm³/mol. The highest BCUT2D eigenvalue weighted by Gasteiger charge is 2.39. The molecule has 1 atom stereocenters. The fourth-order valence-corrected chi connectivity index (χ4v) is 5.55. The maximum absolute atomic E-state index is 11.7. The third kappa shape index (κ3) is 4.93. The minimum atomic E-state index is -2.79. The molecule has 0 amide bonds. The molecule has 1 heterocycles. The molecule has 1 unspecified atom stereocenters. The van der Waals surface area contributed by atoms with Crippen molar-refractivity contribution in [3.63, 3.8) is 0 Å². The van der Waals surface area contributed by atoms with Crippen LogP contribution in [0.1, 0.15) is 52.9 Å². The summed E-state index contributed by atoms with van der Waals surface area (Å²) in [5.74, 6) is 0.724. The Kier molecular flexibility index (Phi) is 5.06. The number of sulfone groups is 1. The molecule has 1 N–H and O–H groups in total. The van der Waals surface area contributed by atoms with Gasteiger partial charge >= 0.3 is 0 Å². The minimum Gasteiger partial charge on any atom is -0.311 e. The van der Waals surface area contributed by atoms with Gasteiger partial charge in [-0.1, -0.05) is 12.8 Å². The van der Waals surface area contributed by atoms with Gasteiger partial charge in [-0.25, -0.2) is 8.42 Å². The molecular formula is C16H32N2O2S. The maximum atomic E-state index is 11.7. The molecular weight excluding hydrogens is 284 g/mol. The maximum Gasteiger partial charge on any atom is 0.151 e. The summed E-state index contributed by atoms with van der Waals surface area (Å²) in [6, 6.07) is 0.224. The Hall–Kier alpha value is -0.130. The Morgan fingerprint density at radius 2 is 1.86 bits per heavy atom. The van der Waals surface area contributed by atoms with E-state index < -0.39 is 9.84 Å². The first-order valence-electron chi connectivity index (χ1n) is 8.27. The number of hydrogen-bond donors (Lipinski definition) is 1. The molecule has 2 fully saturated rings. The van der Waals surface area contributed by atoms with Crippen molar-refractivity contribution in [2.45, 2.75) is 64.5 Å². The van der Waals surface area contributed by atoms with Crippen molar-refractivity contribution in [3.8, 4) is 0 Å². The van der Waals surface area contributed by atoms with E-state index in [1.54, 1.807) is 0 Å². The largest absolute Gasteiger partial charge is 0.311 e. The van der Waals surface area contributed by atoms with Gasteiger partial charge in [0.05, 0.1) is 11.5 Å². The van der Waals surface area contributed by atoms with Crippen LogP contribution in [-0.2, 0) is 9.84 Å². The highest BCUT2D eigenvalue weighted by molar-refractivity contribution is 7.91. The predicted octanol–water partition coefficient (Wildman–Crippen LogP) is 2.05. The van der Waals surface area contributed by atoms with Gasteiger partial charge in [-0.05, 0) is 52.5 Å². The fourth-order valence-electron chi connectivity index (χ4n) is 3.75. The van der Waals surface area contributed by atoms with E-state index in [1.807, 2.05) is 0 Å². The third-order valence-electron chi connectivity index (χ3n) is 5.07. The molecule has 1 saturated heterocycles. The summed E-state index contributed by atoms with van der Waals surface area (Å²) in [4.78, 5) is 2.32. The third-order valence-corrected chi connectivity index (χ3v) is 6.82. The molecule has 124 valence electrons. The molecule has 1 aliphatic heterocycles. The summed E-state index contributed by atoms with van der Waals surface area (Å²) in [7, 11) is -0.673. The van der Waals surface area contributed by atoms with Crippen LogP contribution in [0.4, 0.5) is 0 Å². The van der Waals surface area contributed by atoms with E-state index in [9.17, 15) is 8.42 Å². The van der Waals surface area contributed by atoms with Crippen LogP contribution >= 0.6 is 0 Å². The second-order valence-electron chi connectivity index (χ2n) is 8.28. The average Bonchev–Trinajstić information content (AvgIpc) is 2.93. The van der Waals surface area contributed by atoms with Crippen molar-refractivity contribution < 1.29 is 8.42 Å². The van der Waals surface area contributed by atoms with Crippen LogP contribution in [0.5, 0.6) is 0 Å². The molecule has 0 bridgehead atoms. The van der Waals surface area contributed by atoms with Crippen LogP contribution in [-0.4, -0.2) is 56.5 Å². The first-order valence-corrected chi connectivity index (χ1v) is 10.1. The lowest BCUT2D eigenvalue weighted by Crippen LogP contribution is -2.49. The van der Waals surface area contributed by atoms with Gasteiger partial charge in [0.25, 0.3) is 0 Å². The monoisotopic (exact) mass is 316 g/mol. The molecule has 0 radical (unpaired) electrons. The van der Waals surface area contributed by atoms with E-state index in [2.05, 4.69) is 38.0 Å². The quantitative estimate of drug-likeness (QED) is 0.843. The van der Waals surface area contributed by atoms with Crippen LogP contribution in [0.3, 0.4) is 0 Å². The number of hydrogen-bond acceptors (Lipinski definition) is 4. The second kappa shape index (κ2) is 6.17. The van der Waals surface area contributed by atoms with Crippen molar-refractivity contribution in [1.29, 1.82) is 0 Å². The molecule has 2 rings (SSSR count). The van der Waals surface area contributed by atoms with E-state index in [4.69, 9.17) is 0 Å². The summed E-state index contributed by atoms with van der Waals surface area (Å²) in [5, 5.41) is 3.67. The smallest absolute Gasteiger partial charge is 0.151 e. The van der Waals surface area contributed by atoms with Crippen LogP contribution in [0.2, 0.25) is 0 Å². The van der Waals surface area contributed by atoms with Crippen LogP contribution in [0.25, 0.3) is 0 Å². The van der Waals surface area contributed by atoms with Gasteiger partial charge in [0, 0.05) is 24.7 Å². The lowest BCUT2D eigenvalue weighted by atomic mass is 9.84. The van der Waals surface area contributed by atoms with Crippen molar-refractivity contribution in [3.05, 3.63) is 0 Å². The van der Waals surface area contributed by atoms with E-state index >= 15 is 0 Å². The summed E-state index contributed by atoms with van der Waals surface area (Å²) in [5.41, 5.74) is 0.471. The average molecular weight is 317 g/mol. The first kappa shape index (κ1) is 17.2. The van der Waals surface area contributed by atoms with Crippen molar-refractivity contribution in [2.24, 2.45) is 5.41 Å². The number of nitrogens with one attached hydrogen (secondary N) is 1. The molecule has 0 aromatic carbocycles.